The fourth-order valence-electron chi connectivity index (χ4n) is 1.69. The molecule has 1 aromatic rings. The molecule has 1 aliphatic heterocycles. The minimum Gasteiger partial charge on any atom is -0.487 e. The van der Waals surface area contributed by atoms with Crippen LogP contribution in [0.1, 0.15) is 10.4 Å². The predicted octanol–water partition coefficient (Wildman–Crippen LogP) is 2.15. The third-order valence-corrected chi connectivity index (χ3v) is 3.45. The van der Waals surface area contributed by atoms with Gasteiger partial charge in [-0.3, -0.25) is 9.59 Å². The van der Waals surface area contributed by atoms with E-state index < -0.39 is 0 Å². The van der Waals surface area contributed by atoms with Gasteiger partial charge in [-0.25, -0.2) is 0 Å². The minimum absolute atomic E-state index is 0.213. The third-order valence-electron chi connectivity index (χ3n) is 2.66. The van der Waals surface area contributed by atoms with Gasteiger partial charge in [0.1, 0.15) is 0 Å². The summed E-state index contributed by atoms with van der Waals surface area (Å²) in [6.07, 6.45) is 1.61. The Morgan fingerprint density at radius 2 is 2.24 bits per heavy atom. The van der Waals surface area contributed by atoms with E-state index in [0.717, 1.165) is 5.75 Å². The highest BCUT2D eigenvalue weighted by Crippen LogP contribution is 2.17. The van der Waals surface area contributed by atoms with Crippen LogP contribution in [-0.2, 0) is 9.53 Å². The molecule has 0 aromatic heterocycles. The summed E-state index contributed by atoms with van der Waals surface area (Å²) in [5.74, 6) is 0.615. The number of hydrogen-bond acceptors (Lipinski definition) is 4. The minimum atomic E-state index is -0.314. The molecule has 0 bridgehead atoms. The fraction of sp³-hybridized carbons (Fsp3) is 0.200. The Balaban J connectivity index is 2.03. The van der Waals surface area contributed by atoms with Gasteiger partial charge >= 0.3 is 0 Å². The van der Waals surface area contributed by atoms with Gasteiger partial charge < -0.3 is 15.4 Å². The number of carbonyl (C=O) groups excluding carboxylic acids is 2. The molecule has 2 amide bonds. The molecule has 0 atom stereocenters. The van der Waals surface area contributed by atoms with Gasteiger partial charge in [0.25, 0.3) is 11.8 Å². The van der Waals surface area contributed by atoms with Crippen molar-refractivity contribution in [3.05, 3.63) is 53.7 Å². The molecule has 5 nitrogen and oxygen atoms in total. The summed E-state index contributed by atoms with van der Waals surface area (Å²) < 4.78 is 5.28. The maximum atomic E-state index is 12.0. The lowest BCUT2D eigenvalue weighted by Crippen LogP contribution is -2.23. The fourth-order valence-corrected chi connectivity index (χ4v) is 2.31. The molecule has 1 heterocycles. The summed E-state index contributed by atoms with van der Waals surface area (Å²) in [7, 11) is 0. The van der Waals surface area contributed by atoms with E-state index in [-0.39, 0.29) is 11.8 Å². The zero-order valence-corrected chi connectivity index (χ0v) is 12.2. The van der Waals surface area contributed by atoms with E-state index >= 15 is 0 Å². The molecule has 0 unspecified atom stereocenters. The number of amides is 2. The number of carbonyl (C=O) groups is 2. The van der Waals surface area contributed by atoms with Crippen LogP contribution in [-0.4, -0.2) is 30.7 Å². The van der Waals surface area contributed by atoms with Crippen molar-refractivity contribution in [2.75, 3.05) is 24.2 Å². The van der Waals surface area contributed by atoms with Gasteiger partial charge in [-0.15, -0.1) is 18.3 Å². The van der Waals surface area contributed by atoms with Gasteiger partial charge in [0.05, 0.1) is 6.61 Å². The number of ether oxygens (including phenoxy) is 1. The van der Waals surface area contributed by atoms with Crippen LogP contribution >= 0.6 is 11.8 Å². The van der Waals surface area contributed by atoms with Crippen molar-refractivity contribution in [3.63, 3.8) is 0 Å². The van der Waals surface area contributed by atoms with Crippen LogP contribution in [0.5, 0.6) is 0 Å². The standard InChI is InChI=1S/C15H16N2O3S/c1-2-6-16-14(18)11-4-3-5-12(9-11)17-15(19)13-10-21-8-7-20-13/h2-5,9-10H,1,6-8H2,(H,16,18)(H,17,19). The van der Waals surface area contributed by atoms with Crippen molar-refractivity contribution < 1.29 is 14.3 Å². The normalized spacial score (nSPS) is 13.6. The Labute approximate surface area is 127 Å². The van der Waals surface area contributed by atoms with Crippen molar-refractivity contribution >= 4 is 29.3 Å². The summed E-state index contributed by atoms with van der Waals surface area (Å²) in [5, 5.41) is 7.09. The molecule has 110 valence electrons. The molecule has 1 aromatic carbocycles. The number of anilines is 1. The molecule has 0 radical (unpaired) electrons. The van der Waals surface area contributed by atoms with E-state index in [1.165, 1.54) is 11.8 Å². The van der Waals surface area contributed by atoms with Crippen molar-refractivity contribution in [1.29, 1.82) is 0 Å². The van der Waals surface area contributed by atoms with E-state index in [9.17, 15) is 9.59 Å². The molecule has 0 spiro atoms. The maximum absolute atomic E-state index is 12.0. The molecular formula is C15H16N2O3S. The van der Waals surface area contributed by atoms with Crippen LogP contribution in [0.4, 0.5) is 5.69 Å². The van der Waals surface area contributed by atoms with Gasteiger partial charge in [-0.1, -0.05) is 12.1 Å². The van der Waals surface area contributed by atoms with E-state index in [0.29, 0.717) is 30.2 Å². The zero-order valence-electron chi connectivity index (χ0n) is 11.4. The lowest BCUT2D eigenvalue weighted by molar-refractivity contribution is -0.116. The monoisotopic (exact) mass is 304 g/mol. The molecule has 1 aliphatic rings. The maximum Gasteiger partial charge on any atom is 0.291 e. The summed E-state index contributed by atoms with van der Waals surface area (Å²) in [5.41, 5.74) is 1.02. The first kappa shape index (κ1) is 15.2. The van der Waals surface area contributed by atoms with Crippen LogP contribution in [0.25, 0.3) is 0 Å². The van der Waals surface area contributed by atoms with Gasteiger partial charge in [-0.05, 0) is 18.2 Å². The van der Waals surface area contributed by atoms with E-state index in [1.807, 2.05) is 0 Å². The number of benzene rings is 1. The van der Waals surface area contributed by atoms with E-state index in [1.54, 1.807) is 35.7 Å². The Bertz CT molecular complexity index is 584. The van der Waals surface area contributed by atoms with Crippen molar-refractivity contribution in [2.45, 2.75) is 0 Å². The molecule has 6 heteroatoms. The van der Waals surface area contributed by atoms with Crippen LogP contribution in [0.3, 0.4) is 0 Å². The predicted molar refractivity (Wildman–Crippen MR) is 84.1 cm³/mol. The second-order valence-corrected chi connectivity index (χ2v) is 5.21. The van der Waals surface area contributed by atoms with E-state index in [2.05, 4.69) is 17.2 Å². The molecule has 21 heavy (non-hydrogen) atoms. The molecule has 0 saturated heterocycles. The Morgan fingerprint density at radius 1 is 1.38 bits per heavy atom. The largest absolute Gasteiger partial charge is 0.487 e. The average molecular weight is 304 g/mol. The highest BCUT2D eigenvalue weighted by molar-refractivity contribution is 8.02. The molecule has 0 aliphatic carbocycles. The van der Waals surface area contributed by atoms with Gasteiger partial charge in [-0.2, -0.15) is 0 Å². The second-order valence-electron chi connectivity index (χ2n) is 4.23. The summed E-state index contributed by atoms with van der Waals surface area (Å²) in [6.45, 7) is 4.46. The van der Waals surface area contributed by atoms with Crippen LogP contribution in [0.2, 0.25) is 0 Å². The Morgan fingerprint density at radius 3 is 2.95 bits per heavy atom. The molecule has 0 fully saturated rings. The Hall–Kier alpha value is -2.21. The third kappa shape index (κ3) is 4.39. The topological polar surface area (TPSA) is 67.4 Å². The Kier molecular flexibility index (Phi) is 5.45. The molecule has 2 rings (SSSR count). The van der Waals surface area contributed by atoms with Crippen LogP contribution < -0.4 is 10.6 Å². The number of thioether (sulfide) groups is 1. The van der Waals surface area contributed by atoms with Gasteiger partial charge in [0.2, 0.25) is 0 Å². The summed E-state index contributed by atoms with van der Waals surface area (Å²) in [4.78, 5) is 23.8. The average Bonchev–Trinajstić information content (AvgIpc) is 2.53. The lowest BCUT2D eigenvalue weighted by Gasteiger charge is -2.14. The molecular weight excluding hydrogens is 288 g/mol. The van der Waals surface area contributed by atoms with Crippen molar-refractivity contribution in [1.82, 2.24) is 5.32 Å². The second kappa shape index (κ2) is 7.54. The SMILES string of the molecule is C=CCNC(=O)c1cccc(NC(=O)C2=CSCCO2)c1. The molecule has 2 N–H and O–H groups in total. The van der Waals surface area contributed by atoms with Gasteiger partial charge in [0.15, 0.2) is 5.76 Å². The van der Waals surface area contributed by atoms with Gasteiger partial charge in [0, 0.05) is 29.0 Å². The zero-order chi connectivity index (χ0) is 15.1. The van der Waals surface area contributed by atoms with Crippen LogP contribution in [0.15, 0.2) is 48.1 Å². The first-order valence-corrected chi connectivity index (χ1v) is 7.50. The quantitative estimate of drug-likeness (QED) is 0.818. The van der Waals surface area contributed by atoms with Crippen LogP contribution in [0, 0.1) is 0 Å². The van der Waals surface area contributed by atoms with Crippen molar-refractivity contribution in [3.8, 4) is 0 Å². The highest BCUT2D eigenvalue weighted by atomic mass is 32.2. The first-order chi connectivity index (χ1) is 10.2. The number of nitrogens with one attached hydrogen (secondary N) is 2. The van der Waals surface area contributed by atoms with Crippen molar-refractivity contribution in [2.24, 2.45) is 0 Å². The summed E-state index contributed by atoms with van der Waals surface area (Å²) >= 11 is 1.54. The lowest BCUT2D eigenvalue weighted by atomic mass is 10.2. The summed E-state index contributed by atoms with van der Waals surface area (Å²) in [6, 6.07) is 6.73. The number of rotatable bonds is 5. The smallest absolute Gasteiger partial charge is 0.291 e. The van der Waals surface area contributed by atoms with E-state index in [4.69, 9.17) is 4.74 Å². The highest BCUT2D eigenvalue weighted by Gasteiger charge is 2.15. The first-order valence-electron chi connectivity index (χ1n) is 6.46. The number of hydrogen-bond donors (Lipinski definition) is 2. The molecule has 0 saturated carbocycles.